The van der Waals surface area contributed by atoms with E-state index in [9.17, 15) is 0 Å². The van der Waals surface area contributed by atoms with Gasteiger partial charge in [-0.15, -0.1) is 0 Å². The van der Waals surface area contributed by atoms with Crippen molar-refractivity contribution in [1.82, 2.24) is 9.88 Å². The van der Waals surface area contributed by atoms with Gasteiger partial charge in [0.15, 0.2) is 0 Å². The molecule has 9 heteroatoms. The van der Waals surface area contributed by atoms with Crippen LogP contribution >= 0.6 is 0 Å². The van der Waals surface area contributed by atoms with E-state index in [0.29, 0.717) is 5.75 Å². The van der Waals surface area contributed by atoms with Crippen LogP contribution in [0.5, 0.6) is 5.75 Å². The Bertz CT molecular complexity index is 1250. The van der Waals surface area contributed by atoms with Crippen LogP contribution < -0.4 is 9.64 Å². The Morgan fingerprint density at radius 2 is 1.64 bits per heavy atom. The van der Waals surface area contributed by atoms with Crippen LogP contribution in [0.15, 0.2) is 54.6 Å². The first kappa shape index (κ1) is 26.5. The Labute approximate surface area is 209 Å². The van der Waals surface area contributed by atoms with Crippen LogP contribution in [0, 0.1) is 11.8 Å². The predicted molar refractivity (Wildman–Crippen MR) is 136 cm³/mol. The van der Waals surface area contributed by atoms with E-state index in [0.717, 1.165) is 55.2 Å². The maximum absolute atomic E-state index is 9.10. The lowest BCUT2D eigenvalue weighted by Gasteiger charge is -2.35. The van der Waals surface area contributed by atoms with Crippen molar-refractivity contribution in [1.29, 1.82) is 0 Å². The zero-order valence-electron chi connectivity index (χ0n) is 20.1. The van der Waals surface area contributed by atoms with Crippen molar-refractivity contribution in [2.45, 2.75) is 6.92 Å². The molecule has 1 fully saturated rings. The van der Waals surface area contributed by atoms with Gasteiger partial charge in [-0.25, -0.2) is 14.6 Å². The molecule has 0 bridgehead atoms. The Morgan fingerprint density at radius 1 is 0.972 bits per heavy atom. The number of aliphatic carboxylic acids is 2. The minimum absolute atomic E-state index is 0.0252. The van der Waals surface area contributed by atoms with Crippen LogP contribution in [0.2, 0.25) is 0 Å². The van der Waals surface area contributed by atoms with E-state index in [2.05, 4.69) is 52.8 Å². The molecule has 0 saturated carbocycles. The third-order valence-corrected chi connectivity index (χ3v) is 5.58. The average Bonchev–Trinajstić information content (AvgIpc) is 2.91. The van der Waals surface area contributed by atoms with Crippen LogP contribution in [-0.4, -0.2) is 83.1 Å². The van der Waals surface area contributed by atoms with E-state index in [1.807, 2.05) is 30.3 Å². The normalized spacial score (nSPS) is 13.2. The number of benzene rings is 2. The summed E-state index contributed by atoms with van der Waals surface area (Å²) in [6.45, 7) is 7.57. The number of aliphatic hydroxyl groups is 1. The number of piperazine rings is 1. The SMILES string of the molecule is CCN1CCN(c2nc(C#Cc3ccccc3OCCO)cc3ccccc23)CC1.O=C(O)C(=O)O. The van der Waals surface area contributed by atoms with Crippen LogP contribution in [0.3, 0.4) is 0 Å². The molecule has 3 N–H and O–H groups in total. The number of carboxylic acid groups (broad SMARTS) is 2. The number of hydrogen-bond donors (Lipinski definition) is 3. The molecule has 1 aliphatic rings. The number of anilines is 1. The molecule has 188 valence electrons. The zero-order valence-corrected chi connectivity index (χ0v) is 20.1. The fourth-order valence-corrected chi connectivity index (χ4v) is 3.74. The molecule has 1 aliphatic heterocycles. The Hall–Kier alpha value is -4.13. The molecule has 0 spiro atoms. The van der Waals surface area contributed by atoms with Gasteiger partial charge in [0.2, 0.25) is 0 Å². The van der Waals surface area contributed by atoms with E-state index in [1.54, 1.807) is 0 Å². The van der Waals surface area contributed by atoms with Gasteiger partial charge >= 0.3 is 11.9 Å². The zero-order chi connectivity index (χ0) is 25.9. The highest BCUT2D eigenvalue weighted by Gasteiger charge is 2.19. The summed E-state index contributed by atoms with van der Waals surface area (Å²) in [6, 6.07) is 18.0. The average molecular weight is 492 g/mol. The maximum atomic E-state index is 9.10. The molecule has 0 atom stereocenters. The maximum Gasteiger partial charge on any atom is 0.414 e. The molecule has 36 heavy (non-hydrogen) atoms. The van der Waals surface area contributed by atoms with E-state index in [4.69, 9.17) is 34.6 Å². The summed E-state index contributed by atoms with van der Waals surface area (Å²) in [6.07, 6.45) is 0. The number of fused-ring (bicyclic) bond motifs is 1. The van der Waals surface area contributed by atoms with Gasteiger partial charge in [0.05, 0.1) is 12.2 Å². The molecule has 0 aliphatic carbocycles. The van der Waals surface area contributed by atoms with Gasteiger partial charge in [-0.1, -0.05) is 49.2 Å². The van der Waals surface area contributed by atoms with Crippen molar-refractivity contribution >= 4 is 28.5 Å². The number of carbonyl (C=O) groups is 2. The van der Waals surface area contributed by atoms with Gasteiger partial charge in [-0.3, -0.25) is 0 Å². The molecule has 3 aromatic rings. The van der Waals surface area contributed by atoms with Crippen molar-refractivity contribution in [3.8, 4) is 17.6 Å². The minimum atomic E-state index is -1.82. The standard InChI is InChI=1S/C25H27N3O2.C2H2O4/c1-2-27-13-15-28(16-14-27)25-23-9-5-3-8-21(23)19-22(26-25)12-11-20-7-4-6-10-24(20)30-18-17-29;3-1(4)2(5)6/h3-10,19,29H,2,13-18H2,1H3;(H,3,4)(H,5,6). The topological polar surface area (TPSA) is 123 Å². The second-order valence-corrected chi connectivity index (χ2v) is 7.90. The molecule has 9 nitrogen and oxygen atoms in total. The third-order valence-electron chi connectivity index (χ3n) is 5.58. The smallest absolute Gasteiger partial charge is 0.414 e. The summed E-state index contributed by atoms with van der Waals surface area (Å²) in [5, 5.41) is 26.1. The summed E-state index contributed by atoms with van der Waals surface area (Å²) >= 11 is 0. The second-order valence-electron chi connectivity index (χ2n) is 7.90. The van der Waals surface area contributed by atoms with Crippen molar-refractivity contribution in [2.24, 2.45) is 0 Å². The number of rotatable bonds is 5. The molecular weight excluding hydrogens is 462 g/mol. The molecule has 2 aromatic carbocycles. The third kappa shape index (κ3) is 7.18. The molecule has 0 radical (unpaired) electrons. The molecule has 1 aromatic heterocycles. The lowest BCUT2D eigenvalue weighted by Crippen LogP contribution is -2.46. The number of nitrogens with zero attached hydrogens (tertiary/aromatic N) is 3. The number of aliphatic hydroxyl groups excluding tert-OH is 1. The lowest BCUT2D eigenvalue weighted by atomic mass is 10.1. The van der Waals surface area contributed by atoms with Crippen LogP contribution in [-0.2, 0) is 9.59 Å². The quantitative estimate of drug-likeness (QED) is 0.364. The highest BCUT2D eigenvalue weighted by molar-refractivity contribution is 6.27. The molecule has 0 unspecified atom stereocenters. The molecule has 4 rings (SSSR count). The number of pyridine rings is 1. The van der Waals surface area contributed by atoms with E-state index >= 15 is 0 Å². The number of hydrogen-bond acceptors (Lipinski definition) is 7. The van der Waals surface area contributed by atoms with Gasteiger partial charge in [0.1, 0.15) is 23.9 Å². The van der Waals surface area contributed by atoms with E-state index < -0.39 is 11.9 Å². The van der Waals surface area contributed by atoms with Crippen molar-refractivity contribution < 1.29 is 29.6 Å². The first-order valence-electron chi connectivity index (χ1n) is 11.6. The Balaban J connectivity index is 0.000000538. The van der Waals surface area contributed by atoms with E-state index in [-0.39, 0.29) is 13.2 Å². The number of ether oxygens (including phenoxy) is 1. The van der Waals surface area contributed by atoms with Crippen LogP contribution in [0.1, 0.15) is 18.2 Å². The first-order chi connectivity index (χ1) is 17.4. The number of para-hydroxylation sites is 1. The number of carboxylic acids is 2. The summed E-state index contributed by atoms with van der Waals surface area (Å²) < 4.78 is 5.60. The number of likely N-dealkylation sites (N-methyl/N-ethyl adjacent to an activating group) is 1. The van der Waals surface area contributed by atoms with Crippen molar-refractivity contribution in [3.05, 3.63) is 65.9 Å². The van der Waals surface area contributed by atoms with Gasteiger partial charge in [0.25, 0.3) is 0 Å². The fraction of sp³-hybridized carbons (Fsp3) is 0.296. The van der Waals surface area contributed by atoms with Gasteiger partial charge in [-0.05, 0) is 36.1 Å². The van der Waals surface area contributed by atoms with Gasteiger partial charge in [0, 0.05) is 31.6 Å². The van der Waals surface area contributed by atoms with Gasteiger partial charge in [-0.2, -0.15) is 0 Å². The monoisotopic (exact) mass is 491 g/mol. The minimum Gasteiger partial charge on any atom is -0.490 e. The van der Waals surface area contributed by atoms with Crippen molar-refractivity contribution in [3.63, 3.8) is 0 Å². The van der Waals surface area contributed by atoms with Crippen LogP contribution in [0.25, 0.3) is 10.8 Å². The van der Waals surface area contributed by atoms with E-state index in [1.165, 1.54) is 5.39 Å². The molecule has 0 amide bonds. The summed E-state index contributed by atoms with van der Waals surface area (Å²) in [4.78, 5) is 28.0. The molecule has 1 saturated heterocycles. The lowest BCUT2D eigenvalue weighted by molar-refractivity contribution is -0.159. The highest BCUT2D eigenvalue weighted by Crippen LogP contribution is 2.27. The van der Waals surface area contributed by atoms with Gasteiger partial charge < -0.3 is 29.9 Å². The predicted octanol–water partition coefficient (Wildman–Crippen LogP) is 2.30. The molecule has 2 heterocycles. The second kappa shape index (κ2) is 13.1. The molecular formula is C27H29N3O6. The summed E-state index contributed by atoms with van der Waals surface area (Å²) in [5.41, 5.74) is 1.54. The highest BCUT2D eigenvalue weighted by atomic mass is 16.5. The number of aromatic nitrogens is 1. The Kier molecular flexibility index (Phi) is 9.63. The Morgan fingerprint density at radius 3 is 2.31 bits per heavy atom. The van der Waals surface area contributed by atoms with Crippen molar-refractivity contribution in [2.75, 3.05) is 50.8 Å². The first-order valence-corrected chi connectivity index (χ1v) is 11.6. The fourth-order valence-electron chi connectivity index (χ4n) is 3.74. The summed E-state index contributed by atoms with van der Waals surface area (Å²) in [7, 11) is 0. The van der Waals surface area contributed by atoms with Crippen LogP contribution in [0.4, 0.5) is 5.82 Å². The summed E-state index contributed by atoms with van der Waals surface area (Å²) in [5.74, 6) is 4.47. The largest absolute Gasteiger partial charge is 0.490 e.